The summed E-state index contributed by atoms with van der Waals surface area (Å²) in [5.74, 6) is -0.427. The van der Waals surface area contributed by atoms with Crippen LogP contribution in [0.4, 0.5) is 0 Å². The predicted molar refractivity (Wildman–Crippen MR) is 98.8 cm³/mol. The minimum atomic E-state index is -0.331. The summed E-state index contributed by atoms with van der Waals surface area (Å²) in [4.78, 5) is 45.2. The van der Waals surface area contributed by atoms with Crippen molar-refractivity contribution >= 4 is 23.9 Å². The van der Waals surface area contributed by atoms with Gasteiger partial charge in [-0.05, 0) is 13.0 Å². The molecule has 2 amide bonds. The minimum absolute atomic E-state index is 0.0886. The van der Waals surface area contributed by atoms with Crippen molar-refractivity contribution < 1.29 is 28.7 Å². The lowest BCUT2D eigenvalue weighted by Crippen LogP contribution is -2.33. The Labute approximate surface area is 155 Å². The first-order valence-electron chi connectivity index (χ1n) is 8.76. The molecule has 0 rings (SSSR count). The van der Waals surface area contributed by atoms with Gasteiger partial charge in [0.2, 0.25) is 11.8 Å². The topological polar surface area (TPSA) is 102 Å². The van der Waals surface area contributed by atoms with E-state index in [9.17, 15) is 19.2 Å². The average Bonchev–Trinajstić information content (AvgIpc) is 2.64. The molecule has 0 atom stereocenters. The number of amides is 2. The van der Waals surface area contributed by atoms with Crippen LogP contribution in [-0.2, 0) is 28.7 Å². The van der Waals surface area contributed by atoms with Crippen LogP contribution in [0.15, 0.2) is 12.2 Å². The van der Waals surface area contributed by atoms with Crippen molar-refractivity contribution in [3.63, 3.8) is 0 Å². The smallest absolute Gasteiger partial charge is 0.246 e. The molecular formula is C18H32N2O6. The van der Waals surface area contributed by atoms with Gasteiger partial charge in [0.1, 0.15) is 12.1 Å². The minimum Gasteiger partial charge on any atom is -0.379 e. The van der Waals surface area contributed by atoms with Gasteiger partial charge in [-0.3, -0.25) is 19.2 Å². The second-order valence-corrected chi connectivity index (χ2v) is 5.03. The van der Waals surface area contributed by atoms with E-state index in [1.807, 2.05) is 13.8 Å². The fourth-order valence-corrected chi connectivity index (χ4v) is 1.52. The normalized spacial score (nSPS) is 10.0. The monoisotopic (exact) mass is 372 g/mol. The maximum Gasteiger partial charge on any atom is 0.246 e. The summed E-state index contributed by atoms with van der Waals surface area (Å²) in [6.07, 6.45) is 3.35. The van der Waals surface area contributed by atoms with Crippen molar-refractivity contribution in [1.82, 2.24) is 10.2 Å². The van der Waals surface area contributed by atoms with Gasteiger partial charge in [0.25, 0.3) is 0 Å². The first-order chi connectivity index (χ1) is 12.5. The maximum atomic E-state index is 11.6. The number of rotatable bonds is 14. The van der Waals surface area contributed by atoms with Crippen LogP contribution in [0, 0.1) is 0 Å². The molecule has 0 radical (unpaired) electrons. The average molecular weight is 372 g/mol. The fraction of sp³-hybridized carbons (Fsp3) is 0.667. The second-order valence-electron chi connectivity index (χ2n) is 5.03. The number of carbonyl (C=O) groups excluding carboxylic acids is 4. The summed E-state index contributed by atoms with van der Waals surface area (Å²) in [5.41, 5.74) is 0. The molecule has 0 aromatic rings. The van der Waals surface area contributed by atoms with Crippen LogP contribution in [0.5, 0.6) is 0 Å². The van der Waals surface area contributed by atoms with Crippen molar-refractivity contribution in [2.75, 3.05) is 46.6 Å². The lowest BCUT2D eigenvalue weighted by atomic mass is 10.3. The van der Waals surface area contributed by atoms with Crippen molar-refractivity contribution in [2.24, 2.45) is 0 Å². The van der Waals surface area contributed by atoms with Crippen LogP contribution in [-0.4, -0.2) is 75.3 Å². The maximum absolute atomic E-state index is 11.6. The largest absolute Gasteiger partial charge is 0.379 e. The number of allylic oxidation sites excluding steroid dienone is 1. The third-order valence-electron chi connectivity index (χ3n) is 2.91. The number of nitrogens with zero attached hydrogens (tertiary/aromatic N) is 1. The van der Waals surface area contributed by atoms with Gasteiger partial charge in [0.15, 0.2) is 0 Å². The molecule has 0 spiro atoms. The summed E-state index contributed by atoms with van der Waals surface area (Å²) in [7, 11) is 1.56. The quantitative estimate of drug-likeness (QED) is 0.274. The molecule has 0 heterocycles. The van der Waals surface area contributed by atoms with Gasteiger partial charge in [0.05, 0.1) is 26.4 Å². The van der Waals surface area contributed by atoms with Crippen LogP contribution < -0.4 is 5.32 Å². The van der Waals surface area contributed by atoms with E-state index in [2.05, 4.69) is 5.32 Å². The summed E-state index contributed by atoms with van der Waals surface area (Å²) in [6, 6.07) is 0. The number of Topliss-reactive ketones (excluding diaryl/α,β-unsaturated/α-hetero) is 1. The molecule has 8 heteroatoms. The second kappa shape index (κ2) is 19.3. The molecule has 8 nitrogen and oxygen atoms in total. The number of likely N-dealkylation sites (N-methyl/N-ethyl adjacent to an activating group) is 1. The molecule has 0 aliphatic rings. The molecule has 0 saturated carbocycles. The van der Waals surface area contributed by atoms with E-state index in [-0.39, 0.29) is 30.6 Å². The molecule has 0 bridgehead atoms. The highest BCUT2D eigenvalue weighted by atomic mass is 16.5. The highest BCUT2D eigenvalue weighted by Crippen LogP contribution is 1.91. The van der Waals surface area contributed by atoms with Gasteiger partial charge in [0, 0.05) is 39.1 Å². The third-order valence-corrected chi connectivity index (χ3v) is 2.91. The van der Waals surface area contributed by atoms with E-state index in [0.717, 1.165) is 12.2 Å². The van der Waals surface area contributed by atoms with Gasteiger partial charge < -0.3 is 19.7 Å². The SMILES string of the molecule is CC.CC(=O)CCOCCOCCNC(=O)CCN(C)C(=O)/C=C\C=O. The summed E-state index contributed by atoms with van der Waals surface area (Å²) < 4.78 is 10.5. The van der Waals surface area contributed by atoms with Crippen LogP contribution in [0.2, 0.25) is 0 Å². The zero-order chi connectivity index (χ0) is 20.2. The Hall–Kier alpha value is -2.06. The van der Waals surface area contributed by atoms with E-state index in [0.29, 0.717) is 45.7 Å². The number of ether oxygens (including phenoxy) is 2. The molecule has 1 N–H and O–H groups in total. The number of aldehydes is 1. The van der Waals surface area contributed by atoms with E-state index in [1.54, 1.807) is 7.05 Å². The molecule has 0 saturated heterocycles. The van der Waals surface area contributed by atoms with Crippen LogP contribution >= 0.6 is 0 Å². The molecule has 0 fully saturated rings. The summed E-state index contributed by atoms with van der Waals surface area (Å²) in [5, 5.41) is 2.68. The number of hydrogen-bond acceptors (Lipinski definition) is 6. The number of nitrogens with one attached hydrogen (secondary N) is 1. The van der Waals surface area contributed by atoms with E-state index in [4.69, 9.17) is 9.47 Å². The number of carbonyl (C=O) groups is 4. The molecular weight excluding hydrogens is 340 g/mol. The van der Waals surface area contributed by atoms with Gasteiger partial charge in [-0.2, -0.15) is 0 Å². The molecule has 0 aromatic heterocycles. The van der Waals surface area contributed by atoms with Crippen molar-refractivity contribution in [2.45, 2.75) is 33.6 Å². The zero-order valence-electron chi connectivity index (χ0n) is 16.3. The third kappa shape index (κ3) is 18.3. The van der Waals surface area contributed by atoms with E-state index in [1.165, 1.54) is 11.8 Å². The highest BCUT2D eigenvalue weighted by Gasteiger charge is 2.07. The highest BCUT2D eigenvalue weighted by molar-refractivity contribution is 5.91. The van der Waals surface area contributed by atoms with E-state index < -0.39 is 0 Å². The standard InChI is InChI=1S/C16H26N2O6.C2H6/c1-14(20)6-10-23-12-13-24-11-7-17-15(21)5-8-18(2)16(22)4-3-9-19;1-2/h3-4,9H,5-8,10-13H2,1-2H3,(H,17,21);1-2H3/b4-3-;. The number of hydrogen-bond donors (Lipinski definition) is 1. The first-order valence-corrected chi connectivity index (χ1v) is 8.76. The Morgan fingerprint density at radius 2 is 1.62 bits per heavy atom. The van der Waals surface area contributed by atoms with Crippen molar-refractivity contribution in [3.05, 3.63) is 12.2 Å². The Morgan fingerprint density at radius 3 is 2.19 bits per heavy atom. The van der Waals surface area contributed by atoms with Gasteiger partial charge in [-0.15, -0.1) is 0 Å². The Kier molecular flexibility index (Phi) is 19.4. The molecule has 0 unspecified atom stereocenters. The molecule has 0 aromatic carbocycles. The van der Waals surface area contributed by atoms with E-state index >= 15 is 0 Å². The summed E-state index contributed by atoms with van der Waals surface area (Å²) >= 11 is 0. The zero-order valence-corrected chi connectivity index (χ0v) is 16.3. The Morgan fingerprint density at radius 1 is 1.00 bits per heavy atom. The van der Waals surface area contributed by atoms with Crippen LogP contribution in [0.25, 0.3) is 0 Å². The molecule has 0 aliphatic heterocycles. The Balaban J connectivity index is 0. The van der Waals surface area contributed by atoms with Gasteiger partial charge in [-0.1, -0.05) is 13.8 Å². The van der Waals surface area contributed by atoms with Crippen LogP contribution in [0.1, 0.15) is 33.6 Å². The Bertz CT molecular complexity index is 437. The lowest BCUT2D eigenvalue weighted by Gasteiger charge is -2.14. The molecule has 150 valence electrons. The predicted octanol–water partition coefficient (Wildman–Crippen LogP) is 0.745. The van der Waals surface area contributed by atoms with Gasteiger partial charge >= 0.3 is 0 Å². The lowest BCUT2D eigenvalue weighted by molar-refractivity contribution is -0.126. The number of ketones is 1. The van der Waals surface area contributed by atoms with Crippen molar-refractivity contribution in [3.8, 4) is 0 Å². The molecule has 0 aliphatic carbocycles. The van der Waals surface area contributed by atoms with Gasteiger partial charge in [-0.25, -0.2) is 0 Å². The molecule has 26 heavy (non-hydrogen) atoms. The van der Waals surface area contributed by atoms with Crippen molar-refractivity contribution in [1.29, 1.82) is 0 Å². The summed E-state index contributed by atoms with van der Waals surface area (Å²) in [6.45, 7) is 7.70. The first kappa shape index (κ1) is 26.2. The van der Waals surface area contributed by atoms with Crippen LogP contribution in [0.3, 0.4) is 0 Å². The fourth-order valence-electron chi connectivity index (χ4n) is 1.52.